The van der Waals surface area contributed by atoms with E-state index in [1.807, 2.05) is 6.92 Å². The average molecular weight is 258 g/mol. The number of nitrogens with one attached hydrogen (secondary N) is 1. The van der Waals surface area contributed by atoms with Crippen molar-refractivity contribution in [2.45, 2.75) is 30.7 Å². The quantitative estimate of drug-likeness (QED) is 0.863. The van der Waals surface area contributed by atoms with Crippen LogP contribution in [0.5, 0.6) is 0 Å². The summed E-state index contributed by atoms with van der Waals surface area (Å²) in [5.41, 5.74) is 0.316. The first-order valence-electron chi connectivity index (χ1n) is 5.47. The lowest BCUT2D eigenvalue weighted by Gasteiger charge is -2.15. The lowest BCUT2D eigenvalue weighted by Crippen LogP contribution is -2.18. The molecule has 1 aromatic carbocycles. The Bertz CT molecular complexity index is 526. The van der Waals surface area contributed by atoms with Gasteiger partial charge in [-0.05, 0) is 43.9 Å². The van der Waals surface area contributed by atoms with Crippen LogP contribution in [0, 0.1) is 11.7 Å². The summed E-state index contributed by atoms with van der Waals surface area (Å²) in [5.74, 6) is -0.00339. The van der Waals surface area contributed by atoms with Crippen molar-refractivity contribution in [1.82, 2.24) is 0 Å². The number of sulfonamides is 1. The predicted octanol–water partition coefficient (Wildman–Crippen LogP) is 1.68. The Morgan fingerprint density at radius 3 is 2.59 bits per heavy atom. The number of benzene rings is 1. The second kappa shape index (κ2) is 4.27. The van der Waals surface area contributed by atoms with Gasteiger partial charge in [-0.3, -0.25) is 0 Å². The van der Waals surface area contributed by atoms with E-state index in [0.29, 0.717) is 11.6 Å². The van der Waals surface area contributed by atoms with Gasteiger partial charge in [0, 0.05) is 6.04 Å². The van der Waals surface area contributed by atoms with Gasteiger partial charge in [0.25, 0.3) is 0 Å². The fraction of sp³-hybridized carbons (Fsp3) is 0.455. The number of rotatable bonds is 4. The number of halogens is 1. The highest BCUT2D eigenvalue weighted by atomic mass is 32.2. The maximum Gasteiger partial charge on any atom is 0.238 e. The van der Waals surface area contributed by atoms with Gasteiger partial charge in [0.15, 0.2) is 0 Å². The van der Waals surface area contributed by atoms with Crippen LogP contribution >= 0.6 is 0 Å². The van der Waals surface area contributed by atoms with Crippen LogP contribution in [0.15, 0.2) is 23.1 Å². The van der Waals surface area contributed by atoms with E-state index < -0.39 is 15.8 Å². The Morgan fingerprint density at radius 2 is 2.12 bits per heavy atom. The van der Waals surface area contributed by atoms with E-state index in [-0.39, 0.29) is 10.9 Å². The molecule has 1 saturated carbocycles. The third-order valence-corrected chi connectivity index (χ3v) is 3.89. The van der Waals surface area contributed by atoms with Crippen LogP contribution < -0.4 is 10.5 Å². The van der Waals surface area contributed by atoms with Crippen molar-refractivity contribution in [3.63, 3.8) is 0 Å². The lowest BCUT2D eigenvalue weighted by atomic mass is 10.2. The minimum absolute atomic E-state index is 0.199. The Hall–Kier alpha value is -1.14. The van der Waals surface area contributed by atoms with Gasteiger partial charge in [-0.25, -0.2) is 17.9 Å². The second-order valence-corrected chi connectivity index (χ2v) is 6.02. The van der Waals surface area contributed by atoms with Crippen molar-refractivity contribution in [3.8, 4) is 0 Å². The van der Waals surface area contributed by atoms with E-state index in [0.717, 1.165) is 18.9 Å². The van der Waals surface area contributed by atoms with Crippen LogP contribution in [0.2, 0.25) is 0 Å². The summed E-state index contributed by atoms with van der Waals surface area (Å²) in [6.07, 6.45) is 2.32. The molecule has 1 atom stereocenters. The van der Waals surface area contributed by atoms with Gasteiger partial charge in [0.2, 0.25) is 10.0 Å². The molecular formula is C11H15FN2O2S. The minimum atomic E-state index is -3.84. The maximum absolute atomic E-state index is 13.6. The zero-order chi connectivity index (χ0) is 12.6. The van der Waals surface area contributed by atoms with Gasteiger partial charge in [0.05, 0.1) is 10.6 Å². The van der Waals surface area contributed by atoms with Crippen molar-refractivity contribution in [2.24, 2.45) is 11.1 Å². The van der Waals surface area contributed by atoms with E-state index in [1.165, 1.54) is 12.1 Å². The fourth-order valence-corrected chi connectivity index (χ4v) is 2.27. The SMILES string of the molecule is CC(Nc1ccc(S(N)(=O)=O)cc1F)C1CC1. The summed E-state index contributed by atoms with van der Waals surface area (Å²) in [7, 11) is -3.84. The van der Waals surface area contributed by atoms with E-state index in [4.69, 9.17) is 5.14 Å². The van der Waals surface area contributed by atoms with E-state index in [2.05, 4.69) is 5.32 Å². The van der Waals surface area contributed by atoms with Crippen LogP contribution in [0.3, 0.4) is 0 Å². The molecular weight excluding hydrogens is 243 g/mol. The molecule has 0 bridgehead atoms. The first-order chi connectivity index (χ1) is 7.88. The van der Waals surface area contributed by atoms with E-state index in [1.54, 1.807) is 0 Å². The summed E-state index contributed by atoms with van der Waals surface area (Å²) in [6.45, 7) is 1.99. The molecule has 6 heteroatoms. The number of primary sulfonamides is 1. The van der Waals surface area contributed by atoms with E-state index >= 15 is 0 Å². The highest BCUT2D eigenvalue weighted by Gasteiger charge is 2.28. The van der Waals surface area contributed by atoms with Crippen molar-refractivity contribution >= 4 is 15.7 Å². The molecule has 1 aliphatic rings. The molecule has 0 heterocycles. The highest BCUT2D eigenvalue weighted by molar-refractivity contribution is 7.89. The number of nitrogens with two attached hydrogens (primary N) is 1. The highest BCUT2D eigenvalue weighted by Crippen LogP contribution is 2.34. The summed E-state index contributed by atoms with van der Waals surface area (Å²) >= 11 is 0. The first kappa shape index (κ1) is 12.3. The van der Waals surface area contributed by atoms with Crippen LogP contribution in [-0.2, 0) is 10.0 Å². The van der Waals surface area contributed by atoms with Gasteiger partial charge >= 0.3 is 0 Å². The van der Waals surface area contributed by atoms with Crippen LogP contribution in [0.25, 0.3) is 0 Å². The Kier molecular flexibility index (Phi) is 3.09. The largest absolute Gasteiger partial charge is 0.380 e. The number of anilines is 1. The maximum atomic E-state index is 13.6. The second-order valence-electron chi connectivity index (χ2n) is 4.46. The minimum Gasteiger partial charge on any atom is -0.380 e. The van der Waals surface area contributed by atoms with Gasteiger partial charge in [-0.15, -0.1) is 0 Å². The van der Waals surface area contributed by atoms with Gasteiger partial charge < -0.3 is 5.32 Å². The predicted molar refractivity (Wildman–Crippen MR) is 63.6 cm³/mol. The molecule has 1 unspecified atom stereocenters. The summed E-state index contributed by atoms with van der Waals surface area (Å²) < 4.78 is 35.7. The standard InChI is InChI=1S/C11H15FN2O2S/c1-7(8-2-3-8)14-11-5-4-9(6-10(11)12)17(13,15)16/h4-8,14H,2-3H2,1H3,(H2,13,15,16). The van der Waals surface area contributed by atoms with Crippen molar-refractivity contribution in [2.75, 3.05) is 5.32 Å². The number of hydrogen-bond donors (Lipinski definition) is 2. The Morgan fingerprint density at radius 1 is 1.47 bits per heavy atom. The first-order valence-corrected chi connectivity index (χ1v) is 7.01. The Balaban J connectivity index is 2.19. The summed E-state index contributed by atoms with van der Waals surface area (Å²) in [5, 5.41) is 7.96. The Labute approximate surface area is 100 Å². The molecule has 17 heavy (non-hydrogen) atoms. The average Bonchev–Trinajstić information content (AvgIpc) is 3.02. The zero-order valence-corrected chi connectivity index (χ0v) is 10.3. The molecule has 1 aliphatic carbocycles. The molecule has 0 aliphatic heterocycles. The van der Waals surface area contributed by atoms with Gasteiger partial charge in [-0.2, -0.15) is 0 Å². The lowest BCUT2D eigenvalue weighted by molar-refractivity contribution is 0.591. The summed E-state index contributed by atoms with van der Waals surface area (Å²) in [4.78, 5) is -0.209. The van der Waals surface area contributed by atoms with E-state index in [9.17, 15) is 12.8 Å². The normalized spacial score (nSPS) is 17.8. The van der Waals surface area contributed by atoms with Gasteiger partial charge in [-0.1, -0.05) is 0 Å². The van der Waals surface area contributed by atoms with Crippen molar-refractivity contribution in [1.29, 1.82) is 0 Å². The number of hydrogen-bond acceptors (Lipinski definition) is 3. The molecule has 0 aromatic heterocycles. The van der Waals surface area contributed by atoms with Gasteiger partial charge in [0.1, 0.15) is 5.82 Å². The smallest absolute Gasteiger partial charge is 0.238 e. The zero-order valence-electron chi connectivity index (χ0n) is 9.48. The molecule has 3 N–H and O–H groups in total. The third kappa shape index (κ3) is 2.95. The van der Waals surface area contributed by atoms with Crippen LogP contribution in [-0.4, -0.2) is 14.5 Å². The van der Waals surface area contributed by atoms with Crippen LogP contribution in [0.1, 0.15) is 19.8 Å². The van der Waals surface area contributed by atoms with Crippen molar-refractivity contribution in [3.05, 3.63) is 24.0 Å². The fourth-order valence-electron chi connectivity index (χ4n) is 1.75. The molecule has 1 aromatic rings. The molecule has 0 radical (unpaired) electrons. The molecule has 1 fully saturated rings. The molecule has 0 saturated heterocycles. The van der Waals surface area contributed by atoms with Crippen molar-refractivity contribution < 1.29 is 12.8 Å². The molecule has 2 rings (SSSR count). The monoisotopic (exact) mass is 258 g/mol. The molecule has 0 amide bonds. The molecule has 94 valence electrons. The molecule has 4 nitrogen and oxygen atoms in total. The molecule has 0 spiro atoms. The topological polar surface area (TPSA) is 72.2 Å². The summed E-state index contributed by atoms with van der Waals surface area (Å²) in [6, 6.07) is 3.86. The van der Waals surface area contributed by atoms with Crippen LogP contribution in [0.4, 0.5) is 10.1 Å². The third-order valence-electron chi connectivity index (χ3n) is 2.98.